The van der Waals surface area contributed by atoms with Crippen molar-refractivity contribution in [2.45, 2.75) is 24.1 Å². The van der Waals surface area contributed by atoms with Crippen LogP contribution in [-0.2, 0) is 10.0 Å². The van der Waals surface area contributed by atoms with E-state index in [1.54, 1.807) is 7.05 Å². The molecule has 0 spiro atoms. The van der Waals surface area contributed by atoms with Gasteiger partial charge in [-0.05, 0) is 30.7 Å². The lowest BCUT2D eigenvalue weighted by atomic mass is 9.91. The summed E-state index contributed by atoms with van der Waals surface area (Å²) in [4.78, 5) is 2.28. The minimum Gasteiger partial charge on any atom is -0.362 e. The first-order valence-electron chi connectivity index (χ1n) is 9.93. The summed E-state index contributed by atoms with van der Waals surface area (Å²) in [5.74, 6) is -0.0949. The lowest BCUT2D eigenvalue weighted by molar-refractivity contribution is 0.550. The zero-order valence-electron chi connectivity index (χ0n) is 16.6. The van der Waals surface area contributed by atoms with Crippen LogP contribution in [-0.4, -0.2) is 27.3 Å². The van der Waals surface area contributed by atoms with E-state index in [1.807, 2.05) is 48.5 Å². The van der Waals surface area contributed by atoms with Gasteiger partial charge in [0, 0.05) is 30.8 Å². The molecule has 1 saturated heterocycles. The van der Waals surface area contributed by atoms with Gasteiger partial charge in [0.25, 0.3) is 0 Å². The van der Waals surface area contributed by atoms with Gasteiger partial charge < -0.3 is 4.90 Å². The van der Waals surface area contributed by atoms with Gasteiger partial charge in [0.2, 0.25) is 10.0 Å². The Morgan fingerprint density at radius 3 is 2.24 bits per heavy atom. The van der Waals surface area contributed by atoms with Crippen LogP contribution in [0.15, 0.2) is 78.9 Å². The molecule has 0 bridgehead atoms. The Morgan fingerprint density at radius 2 is 1.55 bits per heavy atom. The number of rotatable bonds is 2. The summed E-state index contributed by atoms with van der Waals surface area (Å²) in [6.45, 7) is 2.73. The first-order valence-corrected chi connectivity index (χ1v) is 11.4. The molecule has 5 heteroatoms. The quantitative estimate of drug-likeness (QED) is 0.632. The van der Waals surface area contributed by atoms with Crippen molar-refractivity contribution < 1.29 is 8.42 Å². The smallest absolute Gasteiger partial charge is 0.240 e. The van der Waals surface area contributed by atoms with Crippen LogP contribution in [0, 0.1) is 6.92 Å². The van der Waals surface area contributed by atoms with Crippen LogP contribution in [0.5, 0.6) is 0 Å². The zero-order valence-corrected chi connectivity index (χ0v) is 17.4. The molecule has 0 radical (unpaired) electrons. The van der Waals surface area contributed by atoms with E-state index in [4.69, 9.17) is 0 Å². The average molecular weight is 405 g/mol. The summed E-state index contributed by atoms with van der Waals surface area (Å²) in [7, 11) is -1.82. The van der Waals surface area contributed by atoms with Gasteiger partial charge >= 0.3 is 0 Å². The molecule has 29 heavy (non-hydrogen) atoms. The van der Waals surface area contributed by atoms with E-state index in [9.17, 15) is 8.42 Å². The normalized spacial score (nSPS) is 24.8. The topological polar surface area (TPSA) is 40.6 Å². The van der Waals surface area contributed by atoms with Gasteiger partial charge in [-0.15, -0.1) is 0 Å². The number of anilines is 2. The summed E-state index contributed by atoms with van der Waals surface area (Å²) in [6.07, 6.45) is 0. The van der Waals surface area contributed by atoms with E-state index in [2.05, 4.69) is 42.2 Å². The minimum atomic E-state index is -3.51. The molecule has 0 N–H and O–H groups in total. The molecule has 0 aromatic heterocycles. The second-order valence-electron chi connectivity index (χ2n) is 7.99. The van der Waals surface area contributed by atoms with Crippen LogP contribution in [0.25, 0.3) is 0 Å². The number of benzene rings is 3. The molecule has 148 valence electrons. The Balaban J connectivity index is 1.76. The van der Waals surface area contributed by atoms with Crippen LogP contribution in [0.3, 0.4) is 0 Å². The highest BCUT2D eigenvalue weighted by atomic mass is 32.2. The number of hydrogen-bond acceptors (Lipinski definition) is 3. The van der Waals surface area contributed by atoms with Crippen LogP contribution in [0.2, 0.25) is 0 Å². The Kier molecular flexibility index (Phi) is 4.17. The molecule has 5 rings (SSSR count). The standard InChI is InChI=1S/C24H24N2O2S/c1-17-13-14-22-20(15-17)23-24(29(27,28)25(22)2)21(18-9-5-3-6-10-18)16-26(23)19-11-7-4-8-12-19/h3-15,21,23-24H,16H2,1-2H3/t21-,23-,24-/m0/s1. The fourth-order valence-corrected chi connectivity index (χ4v) is 7.02. The maximum atomic E-state index is 13.7. The summed E-state index contributed by atoms with van der Waals surface area (Å²) >= 11 is 0. The van der Waals surface area contributed by atoms with Gasteiger partial charge in [-0.25, -0.2) is 8.42 Å². The fourth-order valence-electron chi connectivity index (χ4n) is 4.94. The predicted molar refractivity (Wildman–Crippen MR) is 118 cm³/mol. The van der Waals surface area contributed by atoms with E-state index < -0.39 is 15.3 Å². The summed E-state index contributed by atoms with van der Waals surface area (Å²) in [5, 5.41) is -0.524. The van der Waals surface area contributed by atoms with Crippen molar-refractivity contribution in [3.63, 3.8) is 0 Å². The molecule has 0 saturated carbocycles. The maximum Gasteiger partial charge on any atom is 0.240 e. The Morgan fingerprint density at radius 1 is 0.897 bits per heavy atom. The van der Waals surface area contributed by atoms with Gasteiger partial charge in [0.1, 0.15) is 5.25 Å². The molecule has 3 aromatic rings. The van der Waals surface area contributed by atoms with Crippen LogP contribution < -0.4 is 9.21 Å². The van der Waals surface area contributed by atoms with Gasteiger partial charge in [0.05, 0.1) is 11.7 Å². The highest BCUT2D eigenvalue weighted by Gasteiger charge is 2.55. The van der Waals surface area contributed by atoms with E-state index in [-0.39, 0.29) is 12.0 Å². The van der Waals surface area contributed by atoms with Gasteiger partial charge in [-0.3, -0.25) is 4.31 Å². The molecular weight excluding hydrogens is 380 g/mol. The number of nitrogens with zero attached hydrogens (tertiary/aromatic N) is 2. The SMILES string of the molecule is Cc1ccc2c(c1)[C@H]1[C@H]([C@H](c3ccccc3)CN1c1ccccc1)S(=O)(=O)N2C. The number of para-hydroxylation sites is 1. The van der Waals surface area contributed by atoms with Crippen molar-refractivity contribution in [3.8, 4) is 0 Å². The molecule has 0 aliphatic carbocycles. The Bertz CT molecular complexity index is 1150. The van der Waals surface area contributed by atoms with Crippen molar-refractivity contribution in [1.82, 2.24) is 0 Å². The molecular formula is C24H24N2O2S. The molecule has 3 atom stereocenters. The highest BCUT2D eigenvalue weighted by Crippen LogP contribution is 2.52. The van der Waals surface area contributed by atoms with E-state index in [0.29, 0.717) is 6.54 Å². The number of fused-ring (bicyclic) bond motifs is 3. The van der Waals surface area contributed by atoms with Crippen molar-refractivity contribution in [1.29, 1.82) is 0 Å². The maximum absolute atomic E-state index is 13.7. The molecule has 0 unspecified atom stereocenters. The number of sulfonamides is 1. The lowest BCUT2D eigenvalue weighted by Gasteiger charge is -2.40. The van der Waals surface area contributed by atoms with Gasteiger partial charge in [0.15, 0.2) is 0 Å². The monoisotopic (exact) mass is 404 g/mol. The van der Waals surface area contributed by atoms with E-state index >= 15 is 0 Å². The third-order valence-corrected chi connectivity index (χ3v) is 8.55. The van der Waals surface area contributed by atoms with Crippen LogP contribution in [0.1, 0.15) is 28.7 Å². The van der Waals surface area contributed by atoms with Crippen molar-refractivity contribution >= 4 is 21.4 Å². The van der Waals surface area contributed by atoms with Crippen molar-refractivity contribution in [3.05, 3.63) is 95.6 Å². The molecule has 2 aliphatic heterocycles. The largest absolute Gasteiger partial charge is 0.362 e. The van der Waals surface area contributed by atoms with Gasteiger partial charge in [-0.2, -0.15) is 0 Å². The number of hydrogen-bond donors (Lipinski definition) is 0. The molecule has 0 amide bonds. The summed E-state index contributed by atoms with van der Waals surface area (Å²) < 4.78 is 28.9. The summed E-state index contributed by atoms with van der Waals surface area (Å²) in [6, 6.07) is 26.1. The molecule has 2 aliphatic rings. The van der Waals surface area contributed by atoms with E-state index in [1.165, 1.54) is 4.31 Å². The van der Waals surface area contributed by atoms with Crippen LogP contribution in [0.4, 0.5) is 11.4 Å². The van der Waals surface area contributed by atoms with Crippen molar-refractivity contribution in [2.75, 3.05) is 22.8 Å². The molecule has 1 fully saturated rings. The highest BCUT2D eigenvalue weighted by molar-refractivity contribution is 7.93. The third-order valence-electron chi connectivity index (χ3n) is 6.32. The molecule has 4 nitrogen and oxygen atoms in total. The Hall–Kier alpha value is -2.79. The zero-order chi connectivity index (χ0) is 20.2. The summed E-state index contributed by atoms with van der Waals surface area (Å²) in [5.41, 5.74) is 5.16. The minimum absolute atomic E-state index is 0.0949. The predicted octanol–water partition coefficient (Wildman–Crippen LogP) is 4.49. The second-order valence-corrected chi connectivity index (χ2v) is 10.1. The number of aryl methyl sites for hydroxylation is 1. The van der Waals surface area contributed by atoms with Crippen molar-refractivity contribution in [2.24, 2.45) is 0 Å². The van der Waals surface area contributed by atoms with E-state index in [0.717, 1.165) is 28.1 Å². The van der Waals surface area contributed by atoms with Crippen LogP contribution >= 0.6 is 0 Å². The van der Waals surface area contributed by atoms with Gasteiger partial charge in [-0.1, -0.05) is 66.2 Å². The first-order chi connectivity index (χ1) is 14.0. The lowest BCUT2D eigenvalue weighted by Crippen LogP contribution is -2.46. The Labute approximate surface area is 172 Å². The molecule has 2 heterocycles. The fraction of sp³-hybridized carbons (Fsp3) is 0.250. The first kappa shape index (κ1) is 18.3. The third kappa shape index (κ3) is 2.76. The average Bonchev–Trinajstić information content (AvgIpc) is 3.15. The molecule has 3 aromatic carbocycles. The second kappa shape index (κ2) is 6.63.